The third-order valence-corrected chi connectivity index (χ3v) is 3.53. The Morgan fingerprint density at radius 2 is 2.20 bits per heavy atom. The Morgan fingerprint density at radius 1 is 1.47 bits per heavy atom. The van der Waals surface area contributed by atoms with Crippen molar-refractivity contribution in [3.8, 4) is 6.07 Å². The highest BCUT2D eigenvalue weighted by Gasteiger charge is 2.21. The molecule has 0 aliphatic carbocycles. The topological polar surface area (TPSA) is 27.0 Å². The van der Waals surface area contributed by atoms with Gasteiger partial charge in [0.1, 0.15) is 0 Å². The van der Waals surface area contributed by atoms with Crippen molar-refractivity contribution in [2.24, 2.45) is 11.3 Å². The van der Waals surface area contributed by atoms with Crippen LogP contribution in [0.4, 0.5) is 0 Å². The Labute approximate surface area is 94.3 Å². The van der Waals surface area contributed by atoms with Gasteiger partial charge in [-0.1, -0.05) is 13.3 Å². The van der Waals surface area contributed by atoms with Crippen LogP contribution in [0.3, 0.4) is 0 Å². The lowest BCUT2D eigenvalue weighted by atomic mass is 9.90. The first-order valence-electron chi connectivity index (χ1n) is 6.21. The SMILES string of the molecule is CCC1CCN(CCCC(C)(C)C#N)C1. The average Bonchev–Trinajstić information content (AvgIpc) is 2.66. The fraction of sp³-hybridized carbons (Fsp3) is 0.923. The maximum Gasteiger partial charge on any atom is 0.0683 e. The lowest BCUT2D eigenvalue weighted by Gasteiger charge is -2.19. The van der Waals surface area contributed by atoms with E-state index in [2.05, 4.69) is 17.9 Å². The molecule has 1 fully saturated rings. The maximum atomic E-state index is 8.90. The molecule has 0 spiro atoms. The van der Waals surface area contributed by atoms with Gasteiger partial charge in [-0.05, 0) is 52.1 Å². The largest absolute Gasteiger partial charge is 0.303 e. The van der Waals surface area contributed by atoms with Crippen molar-refractivity contribution in [3.63, 3.8) is 0 Å². The van der Waals surface area contributed by atoms with Gasteiger partial charge in [0.05, 0.1) is 11.5 Å². The summed E-state index contributed by atoms with van der Waals surface area (Å²) in [5.74, 6) is 0.925. The van der Waals surface area contributed by atoms with Gasteiger partial charge in [0.15, 0.2) is 0 Å². The average molecular weight is 208 g/mol. The lowest BCUT2D eigenvalue weighted by Crippen LogP contribution is -2.23. The number of likely N-dealkylation sites (tertiary alicyclic amines) is 1. The monoisotopic (exact) mass is 208 g/mol. The van der Waals surface area contributed by atoms with Crippen LogP contribution in [0.5, 0.6) is 0 Å². The molecular weight excluding hydrogens is 184 g/mol. The van der Waals surface area contributed by atoms with Crippen LogP contribution in [0.15, 0.2) is 0 Å². The predicted octanol–water partition coefficient (Wildman–Crippen LogP) is 3.05. The van der Waals surface area contributed by atoms with Gasteiger partial charge in [0.2, 0.25) is 0 Å². The fourth-order valence-electron chi connectivity index (χ4n) is 2.25. The van der Waals surface area contributed by atoms with Crippen LogP contribution in [0.2, 0.25) is 0 Å². The molecule has 0 N–H and O–H groups in total. The van der Waals surface area contributed by atoms with Gasteiger partial charge in [-0.3, -0.25) is 0 Å². The summed E-state index contributed by atoms with van der Waals surface area (Å²) in [7, 11) is 0. The maximum absolute atomic E-state index is 8.90. The van der Waals surface area contributed by atoms with Gasteiger partial charge in [-0.25, -0.2) is 0 Å². The van der Waals surface area contributed by atoms with E-state index >= 15 is 0 Å². The Bertz CT molecular complexity index is 227. The molecule has 15 heavy (non-hydrogen) atoms. The third kappa shape index (κ3) is 4.22. The molecule has 2 heteroatoms. The Balaban J connectivity index is 2.14. The van der Waals surface area contributed by atoms with Crippen molar-refractivity contribution in [2.45, 2.75) is 46.5 Å². The minimum Gasteiger partial charge on any atom is -0.303 e. The van der Waals surface area contributed by atoms with Crippen LogP contribution in [0.1, 0.15) is 46.5 Å². The first kappa shape index (κ1) is 12.5. The highest BCUT2D eigenvalue weighted by atomic mass is 15.1. The molecule has 1 atom stereocenters. The number of hydrogen-bond acceptors (Lipinski definition) is 2. The van der Waals surface area contributed by atoms with E-state index in [-0.39, 0.29) is 5.41 Å². The van der Waals surface area contributed by atoms with Crippen LogP contribution in [-0.2, 0) is 0 Å². The first-order chi connectivity index (χ1) is 7.07. The molecular formula is C13H24N2. The van der Waals surface area contributed by atoms with Crippen molar-refractivity contribution < 1.29 is 0 Å². The summed E-state index contributed by atoms with van der Waals surface area (Å²) in [6.07, 6.45) is 4.88. The summed E-state index contributed by atoms with van der Waals surface area (Å²) >= 11 is 0. The summed E-state index contributed by atoms with van der Waals surface area (Å²) in [5.41, 5.74) is -0.135. The van der Waals surface area contributed by atoms with Crippen LogP contribution >= 0.6 is 0 Å². The van der Waals surface area contributed by atoms with E-state index in [1.807, 2.05) is 13.8 Å². The van der Waals surface area contributed by atoms with Crippen molar-refractivity contribution in [3.05, 3.63) is 0 Å². The van der Waals surface area contributed by atoms with Gasteiger partial charge in [-0.2, -0.15) is 5.26 Å². The molecule has 0 saturated carbocycles. The first-order valence-corrected chi connectivity index (χ1v) is 6.21. The van der Waals surface area contributed by atoms with Gasteiger partial charge in [0, 0.05) is 6.54 Å². The van der Waals surface area contributed by atoms with E-state index in [0.29, 0.717) is 0 Å². The van der Waals surface area contributed by atoms with Crippen molar-refractivity contribution in [2.75, 3.05) is 19.6 Å². The summed E-state index contributed by atoms with van der Waals surface area (Å²) in [5, 5.41) is 8.90. The van der Waals surface area contributed by atoms with Crippen molar-refractivity contribution in [1.82, 2.24) is 4.90 Å². The van der Waals surface area contributed by atoms with Crippen LogP contribution in [0.25, 0.3) is 0 Å². The molecule has 1 rings (SSSR count). The van der Waals surface area contributed by atoms with Gasteiger partial charge in [0.25, 0.3) is 0 Å². The summed E-state index contributed by atoms with van der Waals surface area (Å²) in [6.45, 7) is 10.1. The molecule has 1 aliphatic rings. The molecule has 86 valence electrons. The van der Waals surface area contributed by atoms with Crippen molar-refractivity contribution in [1.29, 1.82) is 5.26 Å². The van der Waals surface area contributed by atoms with Gasteiger partial charge in [-0.15, -0.1) is 0 Å². The minimum atomic E-state index is -0.135. The molecule has 1 unspecified atom stereocenters. The van der Waals surface area contributed by atoms with E-state index in [0.717, 1.165) is 18.8 Å². The van der Waals surface area contributed by atoms with Gasteiger partial charge < -0.3 is 4.90 Å². The van der Waals surface area contributed by atoms with Crippen LogP contribution in [0, 0.1) is 22.7 Å². The summed E-state index contributed by atoms with van der Waals surface area (Å²) in [6, 6.07) is 2.37. The number of rotatable bonds is 5. The standard InChI is InChI=1S/C13H24N2/c1-4-12-6-9-15(10-12)8-5-7-13(2,3)11-14/h12H,4-10H2,1-3H3. The second-order valence-corrected chi connectivity index (χ2v) is 5.46. The van der Waals surface area contributed by atoms with E-state index in [4.69, 9.17) is 5.26 Å². The van der Waals surface area contributed by atoms with Gasteiger partial charge >= 0.3 is 0 Å². The second kappa shape index (κ2) is 5.51. The highest BCUT2D eigenvalue weighted by Crippen LogP contribution is 2.23. The molecule has 0 amide bonds. The molecule has 0 radical (unpaired) electrons. The zero-order chi connectivity index (χ0) is 11.3. The smallest absolute Gasteiger partial charge is 0.0683 e. The normalized spacial score (nSPS) is 22.9. The lowest BCUT2D eigenvalue weighted by molar-refractivity contribution is 0.295. The summed E-state index contributed by atoms with van der Waals surface area (Å²) in [4.78, 5) is 2.56. The van der Waals surface area contributed by atoms with E-state index < -0.39 is 0 Å². The van der Waals surface area contributed by atoms with E-state index in [1.54, 1.807) is 0 Å². The fourth-order valence-corrected chi connectivity index (χ4v) is 2.25. The minimum absolute atomic E-state index is 0.135. The predicted molar refractivity (Wildman–Crippen MR) is 63.5 cm³/mol. The molecule has 2 nitrogen and oxygen atoms in total. The summed E-state index contributed by atoms with van der Waals surface area (Å²) < 4.78 is 0. The van der Waals surface area contributed by atoms with Crippen LogP contribution < -0.4 is 0 Å². The molecule has 0 aromatic heterocycles. The quantitative estimate of drug-likeness (QED) is 0.694. The third-order valence-electron chi connectivity index (χ3n) is 3.53. The zero-order valence-corrected chi connectivity index (χ0v) is 10.4. The molecule has 0 bridgehead atoms. The number of nitrogens with zero attached hydrogens (tertiary/aromatic N) is 2. The molecule has 0 aromatic rings. The second-order valence-electron chi connectivity index (χ2n) is 5.46. The molecule has 1 saturated heterocycles. The van der Waals surface area contributed by atoms with Crippen molar-refractivity contribution >= 4 is 0 Å². The zero-order valence-electron chi connectivity index (χ0n) is 10.4. The number of nitriles is 1. The molecule has 1 heterocycles. The Kier molecular flexibility index (Phi) is 4.60. The molecule has 1 aliphatic heterocycles. The Morgan fingerprint density at radius 3 is 2.73 bits per heavy atom. The number of hydrogen-bond donors (Lipinski definition) is 0. The van der Waals surface area contributed by atoms with E-state index in [9.17, 15) is 0 Å². The Hall–Kier alpha value is -0.550. The highest BCUT2D eigenvalue weighted by molar-refractivity contribution is 4.91. The molecule has 0 aromatic carbocycles. The van der Waals surface area contributed by atoms with E-state index in [1.165, 1.54) is 32.5 Å². The van der Waals surface area contributed by atoms with Crippen LogP contribution in [-0.4, -0.2) is 24.5 Å².